The van der Waals surface area contributed by atoms with E-state index >= 15 is 0 Å². The van der Waals surface area contributed by atoms with E-state index in [1.54, 1.807) is 0 Å². The van der Waals surface area contributed by atoms with Crippen molar-refractivity contribution in [2.24, 2.45) is 11.8 Å². The van der Waals surface area contributed by atoms with Crippen molar-refractivity contribution in [3.8, 4) is 0 Å². The van der Waals surface area contributed by atoms with E-state index in [9.17, 15) is 9.59 Å². The molecule has 35 heavy (non-hydrogen) atoms. The molecule has 1 aliphatic heterocycles. The van der Waals surface area contributed by atoms with Crippen LogP contribution in [0.25, 0.3) is 0 Å². The molecule has 2 radical (unpaired) electrons. The molecule has 0 bridgehead atoms. The summed E-state index contributed by atoms with van der Waals surface area (Å²) < 4.78 is 0. The zero-order chi connectivity index (χ0) is 25.4. The van der Waals surface area contributed by atoms with E-state index in [0.29, 0.717) is 11.4 Å². The van der Waals surface area contributed by atoms with Crippen LogP contribution >= 0.6 is 0 Å². The minimum absolute atomic E-state index is 0.0199. The summed E-state index contributed by atoms with van der Waals surface area (Å²) in [4.78, 5) is 30.2. The second-order valence-corrected chi connectivity index (χ2v) is 9.50. The third-order valence-electron chi connectivity index (χ3n) is 7.50. The monoisotopic (exact) mass is 473 g/mol. The molecule has 2 aromatic carbocycles. The molecule has 3 rings (SSSR count). The molecule has 5 nitrogen and oxygen atoms in total. The Hall–Kier alpha value is -2.76. The van der Waals surface area contributed by atoms with Crippen LogP contribution in [0.5, 0.6) is 0 Å². The minimum atomic E-state index is -0.113. The van der Waals surface area contributed by atoms with Crippen LogP contribution in [0.3, 0.4) is 0 Å². The van der Waals surface area contributed by atoms with Gasteiger partial charge in [-0.1, -0.05) is 49.6 Å². The van der Waals surface area contributed by atoms with Gasteiger partial charge in [-0.2, -0.15) is 0 Å². The maximum absolute atomic E-state index is 13.5. The van der Waals surface area contributed by atoms with Gasteiger partial charge in [0.1, 0.15) is 7.85 Å². The molecule has 0 spiro atoms. The van der Waals surface area contributed by atoms with Gasteiger partial charge in [-0.15, -0.1) is 0 Å². The predicted molar refractivity (Wildman–Crippen MR) is 147 cm³/mol. The number of rotatable bonds is 10. The largest absolute Gasteiger partial charge is 0.372 e. The van der Waals surface area contributed by atoms with E-state index in [1.165, 1.54) is 0 Å². The van der Waals surface area contributed by atoms with Gasteiger partial charge in [0.15, 0.2) is 0 Å². The molecule has 1 heterocycles. The Labute approximate surface area is 212 Å². The van der Waals surface area contributed by atoms with E-state index < -0.39 is 0 Å². The molecule has 1 aliphatic rings. The molecule has 2 aromatic rings. The third-order valence-corrected chi connectivity index (χ3v) is 7.50. The predicted octanol–water partition coefficient (Wildman–Crippen LogP) is 4.72. The van der Waals surface area contributed by atoms with Crippen LogP contribution in [-0.2, 0) is 9.59 Å². The van der Waals surface area contributed by atoms with Gasteiger partial charge in [-0.05, 0) is 69.2 Å². The Bertz CT molecular complexity index is 965. The van der Waals surface area contributed by atoms with E-state index in [-0.39, 0.29) is 23.7 Å². The van der Waals surface area contributed by atoms with Gasteiger partial charge in [0.2, 0.25) is 11.8 Å². The van der Waals surface area contributed by atoms with Crippen LogP contribution < -0.4 is 15.7 Å². The van der Waals surface area contributed by atoms with E-state index in [0.717, 1.165) is 68.8 Å². The first-order valence-electron chi connectivity index (χ1n) is 13.2. The van der Waals surface area contributed by atoms with E-state index in [2.05, 4.69) is 22.3 Å². The minimum Gasteiger partial charge on any atom is -0.372 e. The molecule has 6 heteroatoms. The van der Waals surface area contributed by atoms with Crippen LogP contribution in [0.1, 0.15) is 64.9 Å². The molecule has 0 aromatic heterocycles. The second kappa shape index (κ2) is 12.8. The highest BCUT2D eigenvalue weighted by atomic mass is 16.2. The smallest absolute Gasteiger partial charge is 0.230 e. The quantitative estimate of drug-likeness (QED) is 0.508. The fourth-order valence-electron chi connectivity index (χ4n) is 5.31. The lowest BCUT2D eigenvalue weighted by Gasteiger charge is -2.39. The summed E-state index contributed by atoms with van der Waals surface area (Å²) in [5.74, 6) is 0.482. The zero-order valence-electron chi connectivity index (χ0n) is 21.8. The van der Waals surface area contributed by atoms with E-state index in [4.69, 9.17) is 7.85 Å². The lowest BCUT2D eigenvalue weighted by atomic mass is 9.78. The number of nitrogens with zero attached hydrogens (tertiary/aromatic N) is 2. The molecule has 186 valence electrons. The third kappa shape index (κ3) is 6.47. The lowest BCUT2D eigenvalue weighted by Crippen LogP contribution is -2.43. The van der Waals surface area contributed by atoms with Crippen molar-refractivity contribution < 1.29 is 9.59 Å². The van der Waals surface area contributed by atoms with Crippen LogP contribution in [0.2, 0.25) is 0 Å². The summed E-state index contributed by atoms with van der Waals surface area (Å²) in [5.41, 5.74) is 3.52. The SMILES string of the molecule is [B]c1cc(NC(=O)C(CC)CC)ccc1N1CCC(C(C(=O)N(CC)CC)c2ccccc2)CC1. The summed E-state index contributed by atoms with van der Waals surface area (Å²) in [6.45, 7) is 11.3. The molecule has 1 N–H and O–H groups in total. The van der Waals surface area contributed by atoms with Crippen molar-refractivity contribution >= 4 is 36.5 Å². The topological polar surface area (TPSA) is 52.7 Å². The van der Waals surface area contributed by atoms with Gasteiger partial charge in [-0.25, -0.2) is 0 Å². The second-order valence-electron chi connectivity index (χ2n) is 9.50. The number of amides is 2. The molecular formula is C29H40BN3O2. The number of benzene rings is 2. The average molecular weight is 473 g/mol. The molecular weight excluding hydrogens is 433 g/mol. The Morgan fingerprint density at radius 3 is 2.17 bits per heavy atom. The fourth-order valence-corrected chi connectivity index (χ4v) is 5.31. The first-order chi connectivity index (χ1) is 16.9. The van der Waals surface area contributed by atoms with Gasteiger partial charge in [0, 0.05) is 43.5 Å². The number of likely N-dealkylation sites (N-methyl/N-ethyl adjacent to an activating group) is 1. The Morgan fingerprint density at radius 1 is 1.00 bits per heavy atom. The summed E-state index contributed by atoms with van der Waals surface area (Å²) >= 11 is 0. The average Bonchev–Trinajstić information content (AvgIpc) is 2.87. The normalized spacial score (nSPS) is 15.2. The first kappa shape index (κ1) is 26.8. The highest BCUT2D eigenvalue weighted by Crippen LogP contribution is 2.35. The van der Waals surface area contributed by atoms with Crippen molar-refractivity contribution in [3.05, 3.63) is 54.1 Å². The number of hydrogen-bond acceptors (Lipinski definition) is 3. The maximum atomic E-state index is 13.5. The molecule has 0 aliphatic carbocycles. The summed E-state index contributed by atoms with van der Waals surface area (Å²) in [7, 11) is 6.42. The number of nitrogens with one attached hydrogen (secondary N) is 1. The number of anilines is 2. The van der Waals surface area contributed by atoms with Crippen LogP contribution in [0.4, 0.5) is 11.4 Å². The van der Waals surface area contributed by atoms with Gasteiger partial charge >= 0.3 is 0 Å². The van der Waals surface area contributed by atoms with Crippen molar-refractivity contribution in [3.63, 3.8) is 0 Å². The van der Waals surface area contributed by atoms with Crippen LogP contribution in [-0.4, -0.2) is 50.7 Å². The van der Waals surface area contributed by atoms with Gasteiger partial charge < -0.3 is 15.1 Å². The molecule has 0 saturated carbocycles. The summed E-state index contributed by atoms with van der Waals surface area (Å²) in [5, 5.41) is 3.01. The Kier molecular flexibility index (Phi) is 9.82. The van der Waals surface area contributed by atoms with E-state index in [1.807, 2.05) is 69.0 Å². The van der Waals surface area contributed by atoms with Crippen molar-refractivity contribution in [2.75, 3.05) is 36.4 Å². The zero-order valence-corrected chi connectivity index (χ0v) is 21.8. The number of carbonyl (C=O) groups excluding carboxylic acids is 2. The van der Waals surface area contributed by atoms with Crippen LogP contribution in [0, 0.1) is 11.8 Å². The first-order valence-corrected chi connectivity index (χ1v) is 13.2. The fraction of sp³-hybridized carbons (Fsp3) is 0.517. The number of piperidine rings is 1. The summed E-state index contributed by atoms with van der Waals surface area (Å²) in [6, 6.07) is 16.0. The highest BCUT2D eigenvalue weighted by molar-refractivity contribution is 6.36. The maximum Gasteiger partial charge on any atom is 0.230 e. The molecule has 2 amide bonds. The van der Waals surface area contributed by atoms with Gasteiger partial charge in [0.05, 0.1) is 5.92 Å². The van der Waals surface area contributed by atoms with Gasteiger partial charge in [-0.3, -0.25) is 9.59 Å². The highest BCUT2D eigenvalue weighted by Gasteiger charge is 2.34. The summed E-state index contributed by atoms with van der Waals surface area (Å²) in [6.07, 6.45) is 3.51. The molecule has 1 unspecified atom stereocenters. The Morgan fingerprint density at radius 2 is 1.63 bits per heavy atom. The molecule has 1 fully saturated rings. The lowest BCUT2D eigenvalue weighted by molar-refractivity contribution is -0.134. The standard InChI is InChI=1S/C29H40BN3O2/c1-5-21(6-2)28(34)31-24-14-15-26(25(30)20-24)33-18-16-23(17-19-33)27(22-12-10-9-11-13-22)29(35)32(7-3)8-4/h9-15,20-21,23,27H,5-8,16-19H2,1-4H3,(H,31,34). The van der Waals surface area contributed by atoms with Crippen molar-refractivity contribution in [2.45, 2.75) is 59.3 Å². The number of hydrogen-bond donors (Lipinski definition) is 1. The van der Waals surface area contributed by atoms with Gasteiger partial charge in [0.25, 0.3) is 0 Å². The Balaban J connectivity index is 1.71. The van der Waals surface area contributed by atoms with Crippen molar-refractivity contribution in [1.29, 1.82) is 0 Å². The van der Waals surface area contributed by atoms with Crippen LogP contribution in [0.15, 0.2) is 48.5 Å². The molecule has 1 saturated heterocycles. The molecule has 1 atom stereocenters. The number of carbonyl (C=O) groups is 2. The van der Waals surface area contributed by atoms with Crippen molar-refractivity contribution in [1.82, 2.24) is 4.90 Å².